The maximum atomic E-state index is 13.2. The largest absolute Gasteiger partial charge is 0.292 e. The SMILES string of the molecule is CCC1NN(CC(=O)c2ccccc2)C(=O)C1(C)C1CCCCC1. The van der Waals surface area contributed by atoms with Gasteiger partial charge >= 0.3 is 0 Å². The molecular weight excluding hydrogens is 300 g/mol. The minimum atomic E-state index is -0.383. The number of ketones is 1. The van der Waals surface area contributed by atoms with Gasteiger partial charge in [-0.1, -0.05) is 56.5 Å². The van der Waals surface area contributed by atoms with Crippen molar-refractivity contribution in [2.24, 2.45) is 11.3 Å². The molecule has 2 aliphatic rings. The van der Waals surface area contributed by atoms with Crippen molar-refractivity contribution < 1.29 is 9.59 Å². The Hall–Kier alpha value is -1.68. The van der Waals surface area contributed by atoms with E-state index in [1.54, 1.807) is 17.1 Å². The summed E-state index contributed by atoms with van der Waals surface area (Å²) in [6.07, 6.45) is 6.86. The highest BCUT2D eigenvalue weighted by molar-refractivity contribution is 6.00. The molecular formula is C20H28N2O2. The predicted octanol–water partition coefficient (Wildman–Crippen LogP) is 3.58. The van der Waals surface area contributed by atoms with Gasteiger partial charge < -0.3 is 0 Å². The third-order valence-corrected chi connectivity index (χ3v) is 6.00. The lowest BCUT2D eigenvalue weighted by atomic mass is 9.65. The number of benzene rings is 1. The molecule has 2 unspecified atom stereocenters. The number of hydrogen-bond acceptors (Lipinski definition) is 3. The Morgan fingerprint density at radius 2 is 1.88 bits per heavy atom. The Bertz CT molecular complexity index is 595. The first kappa shape index (κ1) is 17.2. The van der Waals surface area contributed by atoms with Crippen molar-refractivity contribution in [2.45, 2.75) is 58.4 Å². The second-order valence-electron chi connectivity index (χ2n) is 7.39. The van der Waals surface area contributed by atoms with E-state index in [1.807, 2.05) is 18.2 Å². The molecule has 0 spiro atoms. The van der Waals surface area contributed by atoms with Gasteiger partial charge in [-0.15, -0.1) is 0 Å². The van der Waals surface area contributed by atoms with Crippen LogP contribution in [0.2, 0.25) is 0 Å². The highest BCUT2D eigenvalue weighted by Crippen LogP contribution is 2.45. The number of hydrogen-bond donors (Lipinski definition) is 1. The minimum Gasteiger partial charge on any atom is -0.292 e. The lowest BCUT2D eigenvalue weighted by molar-refractivity contribution is -0.139. The van der Waals surface area contributed by atoms with Crippen LogP contribution in [0.1, 0.15) is 62.7 Å². The molecule has 2 atom stereocenters. The standard InChI is InChI=1S/C20H28N2O2/c1-3-18-20(2,16-12-8-5-9-13-16)19(24)22(21-18)14-17(23)15-10-6-4-7-11-15/h4,6-7,10-11,16,18,21H,3,5,8-9,12-14H2,1-2H3. The molecule has 1 aromatic rings. The van der Waals surface area contributed by atoms with Crippen molar-refractivity contribution >= 4 is 11.7 Å². The molecule has 130 valence electrons. The lowest BCUT2D eigenvalue weighted by Crippen LogP contribution is -2.44. The van der Waals surface area contributed by atoms with E-state index in [4.69, 9.17) is 0 Å². The molecule has 1 saturated carbocycles. The van der Waals surface area contributed by atoms with E-state index in [1.165, 1.54) is 19.3 Å². The molecule has 1 saturated heterocycles. The van der Waals surface area contributed by atoms with Crippen LogP contribution in [-0.2, 0) is 4.79 Å². The first-order valence-corrected chi connectivity index (χ1v) is 9.23. The molecule has 0 radical (unpaired) electrons. The maximum Gasteiger partial charge on any atom is 0.244 e. The van der Waals surface area contributed by atoms with E-state index in [-0.39, 0.29) is 29.7 Å². The molecule has 1 aromatic carbocycles. The first-order valence-electron chi connectivity index (χ1n) is 9.23. The fourth-order valence-corrected chi connectivity index (χ4v) is 4.47. The second-order valence-corrected chi connectivity index (χ2v) is 7.39. The first-order chi connectivity index (χ1) is 11.6. The third-order valence-electron chi connectivity index (χ3n) is 6.00. The normalized spacial score (nSPS) is 28.3. The van der Waals surface area contributed by atoms with Crippen LogP contribution in [-0.4, -0.2) is 29.3 Å². The maximum absolute atomic E-state index is 13.2. The number of amides is 1. The van der Waals surface area contributed by atoms with E-state index in [9.17, 15) is 9.59 Å². The summed E-state index contributed by atoms with van der Waals surface area (Å²) < 4.78 is 0. The summed E-state index contributed by atoms with van der Waals surface area (Å²) in [6.45, 7) is 4.34. The number of rotatable bonds is 5. The highest BCUT2D eigenvalue weighted by atomic mass is 16.2. The number of Topliss-reactive ketones (excluding diaryl/α,β-unsaturated/α-hetero) is 1. The molecule has 0 bridgehead atoms. The number of carbonyl (C=O) groups excluding carboxylic acids is 2. The van der Waals surface area contributed by atoms with E-state index in [0.29, 0.717) is 11.5 Å². The Labute approximate surface area is 144 Å². The van der Waals surface area contributed by atoms with E-state index in [2.05, 4.69) is 19.3 Å². The topological polar surface area (TPSA) is 49.4 Å². The van der Waals surface area contributed by atoms with Crippen LogP contribution >= 0.6 is 0 Å². The van der Waals surface area contributed by atoms with Gasteiger partial charge in [0, 0.05) is 11.6 Å². The molecule has 4 heteroatoms. The minimum absolute atomic E-state index is 0.0146. The molecule has 1 amide bonds. The van der Waals surface area contributed by atoms with Crippen LogP contribution < -0.4 is 5.43 Å². The molecule has 1 N–H and O–H groups in total. The van der Waals surface area contributed by atoms with Crippen LogP contribution in [0.4, 0.5) is 0 Å². The lowest BCUT2D eigenvalue weighted by Gasteiger charge is -2.38. The summed E-state index contributed by atoms with van der Waals surface area (Å²) >= 11 is 0. The van der Waals surface area contributed by atoms with Crippen molar-refractivity contribution in [3.63, 3.8) is 0 Å². The summed E-state index contributed by atoms with van der Waals surface area (Å²) in [5, 5.41) is 1.58. The second kappa shape index (κ2) is 7.06. The Morgan fingerprint density at radius 3 is 2.50 bits per heavy atom. The fraction of sp³-hybridized carbons (Fsp3) is 0.600. The average Bonchev–Trinajstić information content (AvgIpc) is 2.88. The average molecular weight is 328 g/mol. The summed E-state index contributed by atoms with van der Waals surface area (Å²) in [7, 11) is 0. The predicted molar refractivity (Wildman–Crippen MR) is 94.4 cm³/mol. The van der Waals surface area contributed by atoms with Gasteiger partial charge in [-0.25, -0.2) is 5.43 Å². The summed E-state index contributed by atoms with van der Waals surface area (Å²) in [6, 6.07) is 9.34. The van der Waals surface area contributed by atoms with Gasteiger partial charge in [-0.05, 0) is 32.1 Å². The molecule has 1 aliphatic carbocycles. The van der Waals surface area contributed by atoms with Gasteiger partial charge in [0.25, 0.3) is 0 Å². The Morgan fingerprint density at radius 1 is 1.21 bits per heavy atom. The summed E-state index contributed by atoms with van der Waals surface area (Å²) in [4.78, 5) is 25.7. The van der Waals surface area contributed by atoms with Gasteiger partial charge in [0.05, 0.1) is 5.41 Å². The number of nitrogens with zero attached hydrogens (tertiary/aromatic N) is 1. The zero-order valence-electron chi connectivity index (χ0n) is 14.8. The third kappa shape index (κ3) is 3.00. The van der Waals surface area contributed by atoms with Gasteiger partial charge in [0.1, 0.15) is 6.54 Å². The van der Waals surface area contributed by atoms with Crippen molar-refractivity contribution in [2.75, 3.05) is 6.54 Å². The zero-order valence-corrected chi connectivity index (χ0v) is 14.8. The Balaban J connectivity index is 1.76. The van der Waals surface area contributed by atoms with Crippen molar-refractivity contribution in [3.8, 4) is 0 Å². The molecule has 2 fully saturated rings. The molecule has 0 aromatic heterocycles. The monoisotopic (exact) mass is 328 g/mol. The van der Waals surface area contributed by atoms with Gasteiger partial charge in [-0.2, -0.15) is 0 Å². The van der Waals surface area contributed by atoms with Crippen LogP contribution in [0, 0.1) is 11.3 Å². The van der Waals surface area contributed by atoms with Crippen LogP contribution in [0.5, 0.6) is 0 Å². The van der Waals surface area contributed by atoms with Gasteiger partial charge in [0.15, 0.2) is 5.78 Å². The van der Waals surface area contributed by atoms with E-state index in [0.717, 1.165) is 19.3 Å². The van der Waals surface area contributed by atoms with E-state index >= 15 is 0 Å². The van der Waals surface area contributed by atoms with Crippen LogP contribution in [0.15, 0.2) is 30.3 Å². The number of carbonyl (C=O) groups is 2. The quantitative estimate of drug-likeness (QED) is 0.841. The van der Waals surface area contributed by atoms with Crippen LogP contribution in [0.25, 0.3) is 0 Å². The number of hydrazine groups is 1. The molecule has 1 aliphatic heterocycles. The molecule has 4 nitrogen and oxygen atoms in total. The smallest absolute Gasteiger partial charge is 0.244 e. The summed E-state index contributed by atoms with van der Waals surface area (Å²) in [5.74, 6) is 0.512. The van der Waals surface area contributed by atoms with Crippen LogP contribution in [0.3, 0.4) is 0 Å². The molecule has 24 heavy (non-hydrogen) atoms. The van der Waals surface area contributed by atoms with Crippen molar-refractivity contribution in [1.82, 2.24) is 10.4 Å². The van der Waals surface area contributed by atoms with E-state index < -0.39 is 0 Å². The van der Waals surface area contributed by atoms with Gasteiger partial charge in [-0.3, -0.25) is 14.6 Å². The summed E-state index contributed by atoms with van der Waals surface area (Å²) in [5.41, 5.74) is 3.62. The van der Waals surface area contributed by atoms with Crippen molar-refractivity contribution in [1.29, 1.82) is 0 Å². The molecule has 1 heterocycles. The highest BCUT2D eigenvalue weighted by Gasteiger charge is 2.54. The van der Waals surface area contributed by atoms with Gasteiger partial charge in [0.2, 0.25) is 5.91 Å². The molecule has 3 rings (SSSR count). The number of nitrogens with one attached hydrogen (secondary N) is 1. The Kier molecular flexibility index (Phi) is 5.04. The zero-order chi connectivity index (χ0) is 17.2. The van der Waals surface area contributed by atoms with Crippen molar-refractivity contribution in [3.05, 3.63) is 35.9 Å². The fourth-order valence-electron chi connectivity index (χ4n) is 4.47.